The van der Waals surface area contributed by atoms with Crippen molar-refractivity contribution >= 4 is 27.6 Å². The number of hydrogen-bond donors (Lipinski definition) is 1. The van der Waals surface area contributed by atoms with Gasteiger partial charge in [-0.05, 0) is 29.8 Å². The highest BCUT2D eigenvalue weighted by molar-refractivity contribution is 7.92. The Kier molecular flexibility index (Phi) is 6.89. The fraction of sp³-hybridized carbons (Fsp3) is 0.278. The summed E-state index contributed by atoms with van der Waals surface area (Å²) in [5.41, 5.74) is 1.17. The number of aromatic nitrogens is 1. The predicted octanol–water partition coefficient (Wildman–Crippen LogP) is 1.34. The largest absolute Gasteiger partial charge is 0.465 e. The van der Waals surface area contributed by atoms with Crippen molar-refractivity contribution in [2.75, 3.05) is 24.2 Å². The average molecular weight is 391 g/mol. The van der Waals surface area contributed by atoms with Crippen molar-refractivity contribution in [2.24, 2.45) is 0 Å². The summed E-state index contributed by atoms with van der Waals surface area (Å²) in [5, 5.41) is 2.73. The molecule has 0 atom stereocenters. The minimum absolute atomic E-state index is 0.0618. The van der Waals surface area contributed by atoms with E-state index < -0.39 is 16.0 Å². The van der Waals surface area contributed by atoms with Gasteiger partial charge in [-0.2, -0.15) is 0 Å². The molecule has 2 rings (SSSR count). The Morgan fingerprint density at radius 1 is 1.15 bits per heavy atom. The number of benzene rings is 1. The van der Waals surface area contributed by atoms with Gasteiger partial charge in [0.15, 0.2) is 0 Å². The monoisotopic (exact) mass is 391 g/mol. The number of ether oxygens (including phenoxy) is 1. The number of sulfonamides is 1. The summed E-state index contributed by atoms with van der Waals surface area (Å²) in [4.78, 5) is 27.9. The molecular formula is C18H21N3O5S. The van der Waals surface area contributed by atoms with Gasteiger partial charge < -0.3 is 10.1 Å². The van der Waals surface area contributed by atoms with E-state index in [0.717, 1.165) is 16.1 Å². The molecule has 1 aromatic carbocycles. The van der Waals surface area contributed by atoms with Crippen LogP contribution in [0.15, 0.2) is 48.8 Å². The molecule has 0 fully saturated rings. The normalized spacial score (nSPS) is 10.9. The van der Waals surface area contributed by atoms with Gasteiger partial charge >= 0.3 is 5.97 Å². The van der Waals surface area contributed by atoms with E-state index in [1.54, 1.807) is 36.7 Å². The third-order valence-electron chi connectivity index (χ3n) is 3.76. The van der Waals surface area contributed by atoms with Crippen LogP contribution in [0.2, 0.25) is 0 Å². The molecule has 0 spiro atoms. The van der Waals surface area contributed by atoms with Crippen LogP contribution in [0.25, 0.3) is 0 Å². The maximum Gasteiger partial charge on any atom is 0.340 e. The van der Waals surface area contributed by atoms with E-state index in [0.29, 0.717) is 6.54 Å². The standard InChI is InChI=1S/C18H21N3O5S/c1-26-18(23)15-5-3-4-6-16(15)21(27(2,24)25)12-9-17(22)20-13-14-7-10-19-11-8-14/h3-8,10-11H,9,12-13H2,1-2H3,(H,20,22). The number of carbonyl (C=O) groups excluding carboxylic acids is 2. The van der Waals surface area contributed by atoms with E-state index in [1.807, 2.05) is 0 Å². The van der Waals surface area contributed by atoms with Crippen molar-refractivity contribution in [3.63, 3.8) is 0 Å². The number of esters is 1. The van der Waals surface area contributed by atoms with Crippen LogP contribution < -0.4 is 9.62 Å². The lowest BCUT2D eigenvalue weighted by Crippen LogP contribution is -2.35. The Morgan fingerprint density at radius 3 is 2.44 bits per heavy atom. The molecule has 1 heterocycles. The number of methoxy groups -OCH3 is 1. The zero-order chi connectivity index (χ0) is 19.9. The van der Waals surface area contributed by atoms with E-state index in [9.17, 15) is 18.0 Å². The quantitative estimate of drug-likeness (QED) is 0.681. The zero-order valence-electron chi connectivity index (χ0n) is 15.1. The molecular weight excluding hydrogens is 370 g/mol. The smallest absolute Gasteiger partial charge is 0.340 e. The lowest BCUT2D eigenvalue weighted by Gasteiger charge is -2.24. The summed E-state index contributed by atoms with van der Waals surface area (Å²) in [6, 6.07) is 9.75. The topological polar surface area (TPSA) is 106 Å². The van der Waals surface area contributed by atoms with E-state index >= 15 is 0 Å². The third kappa shape index (κ3) is 5.78. The first-order chi connectivity index (χ1) is 12.8. The van der Waals surface area contributed by atoms with Crippen LogP contribution >= 0.6 is 0 Å². The van der Waals surface area contributed by atoms with Gasteiger partial charge in [-0.1, -0.05) is 12.1 Å². The number of para-hydroxylation sites is 1. The van der Waals surface area contributed by atoms with Gasteiger partial charge in [0.2, 0.25) is 15.9 Å². The van der Waals surface area contributed by atoms with Gasteiger partial charge in [-0.25, -0.2) is 13.2 Å². The molecule has 0 aliphatic carbocycles. The highest BCUT2D eigenvalue weighted by Gasteiger charge is 2.24. The minimum atomic E-state index is -3.71. The van der Waals surface area contributed by atoms with Crippen LogP contribution in [-0.2, 0) is 26.1 Å². The maximum absolute atomic E-state index is 12.2. The van der Waals surface area contributed by atoms with Crippen molar-refractivity contribution in [3.8, 4) is 0 Å². The molecule has 0 bridgehead atoms. The first-order valence-electron chi connectivity index (χ1n) is 8.13. The van der Waals surface area contributed by atoms with Crippen molar-refractivity contribution in [1.82, 2.24) is 10.3 Å². The Balaban J connectivity index is 2.10. The summed E-state index contributed by atoms with van der Waals surface area (Å²) < 4.78 is 30.2. The van der Waals surface area contributed by atoms with Crippen molar-refractivity contribution in [3.05, 3.63) is 59.9 Å². The van der Waals surface area contributed by atoms with Crippen molar-refractivity contribution in [1.29, 1.82) is 0 Å². The van der Waals surface area contributed by atoms with Crippen LogP contribution in [-0.4, -0.2) is 45.2 Å². The van der Waals surface area contributed by atoms with E-state index in [1.165, 1.54) is 19.2 Å². The van der Waals surface area contributed by atoms with Gasteiger partial charge in [-0.15, -0.1) is 0 Å². The molecule has 9 heteroatoms. The molecule has 0 aliphatic rings. The predicted molar refractivity (Wildman–Crippen MR) is 101 cm³/mol. The van der Waals surface area contributed by atoms with Gasteiger partial charge in [0.1, 0.15) is 0 Å². The number of hydrogen-bond acceptors (Lipinski definition) is 6. The molecule has 1 amide bonds. The summed E-state index contributed by atoms with van der Waals surface area (Å²) in [7, 11) is -2.49. The average Bonchev–Trinajstić information content (AvgIpc) is 2.66. The van der Waals surface area contributed by atoms with Gasteiger partial charge in [0, 0.05) is 31.9 Å². The van der Waals surface area contributed by atoms with Gasteiger partial charge in [0.25, 0.3) is 0 Å². The zero-order valence-corrected chi connectivity index (χ0v) is 15.9. The second kappa shape index (κ2) is 9.13. The lowest BCUT2D eigenvalue weighted by atomic mass is 10.1. The number of nitrogens with one attached hydrogen (secondary N) is 1. The Morgan fingerprint density at radius 2 is 1.81 bits per heavy atom. The molecule has 0 unspecified atom stereocenters. The summed E-state index contributed by atoms with van der Waals surface area (Å²) >= 11 is 0. The highest BCUT2D eigenvalue weighted by atomic mass is 32.2. The number of nitrogens with zero attached hydrogens (tertiary/aromatic N) is 2. The van der Waals surface area contributed by atoms with Crippen molar-refractivity contribution < 1.29 is 22.7 Å². The maximum atomic E-state index is 12.2. The number of rotatable bonds is 8. The first kappa shape index (κ1) is 20.4. The third-order valence-corrected chi connectivity index (χ3v) is 4.94. The van der Waals surface area contributed by atoms with Crippen LogP contribution in [0.5, 0.6) is 0 Å². The number of pyridine rings is 1. The molecule has 0 saturated carbocycles. The van der Waals surface area contributed by atoms with Crippen LogP contribution in [0.3, 0.4) is 0 Å². The highest BCUT2D eigenvalue weighted by Crippen LogP contribution is 2.24. The molecule has 1 aromatic heterocycles. The van der Waals surface area contributed by atoms with Crippen LogP contribution in [0.4, 0.5) is 5.69 Å². The molecule has 0 radical (unpaired) electrons. The van der Waals surface area contributed by atoms with E-state index in [4.69, 9.17) is 4.74 Å². The summed E-state index contributed by atoms with van der Waals surface area (Å²) in [6.45, 7) is 0.216. The van der Waals surface area contributed by atoms with Crippen molar-refractivity contribution in [2.45, 2.75) is 13.0 Å². The molecule has 8 nitrogen and oxygen atoms in total. The number of amides is 1. The molecule has 2 aromatic rings. The summed E-state index contributed by atoms with van der Waals surface area (Å²) in [5.74, 6) is -0.961. The fourth-order valence-corrected chi connectivity index (χ4v) is 3.37. The second-order valence-corrected chi connectivity index (χ2v) is 7.63. The minimum Gasteiger partial charge on any atom is -0.465 e. The first-order valence-corrected chi connectivity index (χ1v) is 9.98. The Hall–Kier alpha value is -2.94. The molecule has 27 heavy (non-hydrogen) atoms. The Labute approximate surface area is 158 Å². The fourth-order valence-electron chi connectivity index (χ4n) is 2.43. The second-order valence-electron chi connectivity index (χ2n) is 5.73. The van der Waals surface area contributed by atoms with E-state index in [-0.39, 0.29) is 30.1 Å². The molecule has 1 N–H and O–H groups in total. The Bertz CT molecular complexity index is 900. The van der Waals surface area contributed by atoms with E-state index in [2.05, 4.69) is 10.3 Å². The molecule has 0 aliphatic heterocycles. The number of anilines is 1. The lowest BCUT2D eigenvalue weighted by molar-refractivity contribution is -0.121. The molecule has 144 valence electrons. The van der Waals surface area contributed by atoms with Gasteiger partial charge in [0.05, 0.1) is 24.6 Å². The summed E-state index contributed by atoms with van der Waals surface area (Å²) in [6.07, 6.45) is 4.21. The van der Waals surface area contributed by atoms with Gasteiger partial charge in [-0.3, -0.25) is 14.1 Å². The molecule has 0 saturated heterocycles. The van der Waals surface area contributed by atoms with Crippen LogP contribution in [0.1, 0.15) is 22.3 Å². The number of carbonyl (C=O) groups is 2. The SMILES string of the molecule is COC(=O)c1ccccc1N(CCC(=O)NCc1ccncc1)S(C)(=O)=O. The van der Waals surface area contributed by atoms with Crippen LogP contribution in [0, 0.1) is 0 Å².